The van der Waals surface area contributed by atoms with Gasteiger partial charge in [-0.15, -0.1) is 0 Å². The lowest BCUT2D eigenvalue weighted by Crippen LogP contribution is -1.98. The third kappa shape index (κ3) is 3.00. The molecule has 1 rings (SSSR count). The third-order valence-corrected chi connectivity index (χ3v) is 2.08. The maximum absolute atomic E-state index is 12.8. The van der Waals surface area contributed by atoms with Crippen LogP contribution in [0.2, 0.25) is 0 Å². The van der Waals surface area contributed by atoms with Crippen LogP contribution in [0.25, 0.3) is 0 Å². The Morgan fingerprint density at radius 3 is 1.80 bits per heavy atom. The fourth-order valence-electron chi connectivity index (χ4n) is 0.738. The largest absolute Gasteiger partial charge is 0.428 e. The van der Waals surface area contributed by atoms with Crippen molar-refractivity contribution in [2.45, 2.75) is 0 Å². The summed E-state index contributed by atoms with van der Waals surface area (Å²) in [5.41, 5.74) is 0. The van der Waals surface area contributed by atoms with Crippen LogP contribution in [-0.4, -0.2) is 0 Å². The zero-order valence-electron chi connectivity index (χ0n) is 6.61. The van der Waals surface area contributed by atoms with E-state index >= 15 is 0 Å². The van der Waals surface area contributed by atoms with Gasteiger partial charge in [-0.2, -0.15) is 8.78 Å². The second-order valence-electron chi connectivity index (χ2n) is 2.30. The Morgan fingerprint density at radius 1 is 1.07 bits per heavy atom. The average molecular weight is 283 g/mol. The van der Waals surface area contributed by atoms with E-state index in [0.29, 0.717) is 0 Å². The topological polar surface area (TPSA) is 26.3 Å². The molecular formula is C6HCl2F4O2P. The van der Waals surface area contributed by atoms with Crippen LogP contribution in [0.5, 0.6) is 5.75 Å². The maximum atomic E-state index is 12.8. The van der Waals surface area contributed by atoms with Crippen molar-refractivity contribution < 1.29 is 26.7 Å². The minimum Gasteiger partial charge on any atom is -0.416 e. The minimum atomic E-state index is -4.35. The van der Waals surface area contributed by atoms with E-state index in [-0.39, 0.29) is 6.07 Å². The molecule has 84 valence electrons. The van der Waals surface area contributed by atoms with Crippen molar-refractivity contribution in [3.63, 3.8) is 0 Å². The minimum absolute atomic E-state index is 0.0368. The zero-order valence-corrected chi connectivity index (χ0v) is 9.02. The van der Waals surface area contributed by atoms with Gasteiger partial charge in [0.2, 0.25) is 17.4 Å². The van der Waals surface area contributed by atoms with E-state index in [4.69, 9.17) is 22.5 Å². The lowest BCUT2D eigenvalue weighted by molar-refractivity contribution is 0.396. The molecule has 0 saturated heterocycles. The van der Waals surface area contributed by atoms with Crippen LogP contribution < -0.4 is 4.52 Å². The summed E-state index contributed by atoms with van der Waals surface area (Å²) < 4.78 is 65.3. The lowest BCUT2D eigenvalue weighted by Gasteiger charge is -2.08. The maximum Gasteiger partial charge on any atom is 0.428 e. The molecule has 0 spiro atoms. The first-order valence-corrected chi connectivity index (χ1v) is 6.68. The van der Waals surface area contributed by atoms with Crippen LogP contribution in [0.4, 0.5) is 17.6 Å². The van der Waals surface area contributed by atoms with E-state index in [1.54, 1.807) is 0 Å². The van der Waals surface area contributed by atoms with Crippen LogP contribution in [0, 0.1) is 23.3 Å². The van der Waals surface area contributed by atoms with Crippen molar-refractivity contribution in [2.24, 2.45) is 0 Å². The lowest BCUT2D eigenvalue weighted by atomic mass is 10.3. The molecule has 0 N–H and O–H groups in total. The van der Waals surface area contributed by atoms with Crippen molar-refractivity contribution >= 4 is 28.6 Å². The molecule has 0 aliphatic carbocycles. The summed E-state index contributed by atoms with van der Waals surface area (Å²) in [6.45, 7) is 0. The normalized spacial score (nSPS) is 11.6. The monoisotopic (exact) mass is 282 g/mol. The fraction of sp³-hybridized carbons (Fsp3) is 0. The summed E-state index contributed by atoms with van der Waals surface area (Å²) in [5.74, 6) is -8.72. The van der Waals surface area contributed by atoms with Crippen molar-refractivity contribution in [3.05, 3.63) is 29.3 Å². The molecule has 0 aliphatic heterocycles. The van der Waals surface area contributed by atoms with Gasteiger partial charge in [0.25, 0.3) is 0 Å². The Labute approximate surface area is 90.8 Å². The van der Waals surface area contributed by atoms with Gasteiger partial charge in [-0.3, -0.25) is 0 Å². The van der Waals surface area contributed by atoms with Gasteiger partial charge in [-0.25, -0.2) is 13.3 Å². The van der Waals surface area contributed by atoms with E-state index in [9.17, 15) is 22.1 Å². The summed E-state index contributed by atoms with van der Waals surface area (Å²) in [5, 5.41) is 0. The molecule has 1 aromatic rings. The molecule has 2 nitrogen and oxygen atoms in total. The molecule has 0 bridgehead atoms. The summed E-state index contributed by atoms with van der Waals surface area (Å²) in [7, 11) is 0. The standard InChI is InChI=1S/C6HCl2F4O2P/c7-15(8,13)14-6-4(11)2(9)1-3(10)5(6)12/h1H. The predicted octanol–water partition coefficient (Wildman–Crippen LogP) is 4.21. The molecule has 0 amide bonds. The first kappa shape index (κ1) is 12.6. The second kappa shape index (κ2) is 4.20. The highest BCUT2D eigenvalue weighted by Crippen LogP contribution is 2.57. The van der Waals surface area contributed by atoms with Gasteiger partial charge < -0.3 is 4.52 Å². The van der Waals surface area contributed by atoms with E-state index in [2.05, 4.69) is 4.52 Å². The molecule has 0 aliphatic rings. The highest BCUT2D eigenvalue weighted by Gasteiger charge is 2.26. The van der Waals surface area contributed by atoms with Crippen molar-refractivity contribution in [1.82, 2.24) is 0 Å². The fourth-order valence-corrected chi connectivity index (χ4v) is 1.52. The summed E-state index contributed by atoms with van der Waals surface area (Å²) in [4.78, 5) is 0. The molecule has 1 aromatic carbocycles. The first-order valence-electron chi connectivity index (χ1n) is 3.24. The molecular weight excluding hydrogens is 282 g/mol. The molecule has 0 radical (unpaired) electrons. The number of hydrogen-bond acceptors (Lipinski definition) is 2. The summed E-state index contributed by atoms with van der Waals surface area (Å²) in [6, 6.07) is -0.0368. The molecule has 0 unspecified atom stereocenters. The van der Waals surface area contributed by atoms with Crippen LogP contribution >= 0.6 is 28.6 Å². The van der Waals surface area contributed by atoms with Crippen LogP contribution in [0.1, 0.15) is 0 Å². The van der Waals surface area contributed by atoms with Gasteiger partial charge in [0.15, 0.2) is 11.6 Å². The Bertz CT molecular complexity index is 421. The van der Waals surface area contributed by atoms with Crippen molar-refractivity contribution in [3.8, 4) is 5.75 Å². The smallest absolute Gasteiger partial charge is 0.416 e. The van der Waals surface area contributed by atoms with Gasteiger partial charge in [0, 0.05) is 28.5 Å². The summed E-state index contributed by atoms with van der Waals surface area (Å²) in [6.07, 6.45) is -4.35. The average Bonchev–Trinajstić information content (AvgIpc) is 2.08. The number of benzene rings is 1. The van der Waals surface area contributed by atoms with Crippen LogP contribution in [-0.2, 0) is 4.57 Å². The van der Waals surface area contributed by atoms with Gasteiger partial charge in [0.1, 0.15) is 0 Å². The van der Waals surface area contributed by atoms with Crippen molar-refractivity contribution in [1.29, 1.82) is 0 Å². The Hall–Kier alpha value is -0.450. The predicted molar refractivity (Wildman–Crippen MR) is 46.2 cm³/mol. The molecule has 0 fully saturated rings. The van der Waals surface area contributed by atoms with Crippen molar-refractivity contribution in [2.75, 3.05) is 0 Å². The molecule has 9 heteroatoms. The SMILES string of the molecule is O=P(Cl)(Cl)Oc1c(F)c(F)cc(F)c1F. The highest BCUT2D eigenvalue weighted by molar-refractivity contribution is 8.05. The Morgan fingerprint density at radius 2 is 1.47 bits per heavy atom. The van der Waals surface area contributed by atoms with Crippen LogP contribution in [0.3, 0.4) is 0 Å². The molecule has 0 heterocycles. The molecule has 0 aromatic heterocycles. The first-order chi connectivity index (χ1) is 6.72. The van der Waals surface area contributed by atoms with Gasteiger partial charge in [0.05, 0.1) is 0 Å². The third-order valence-electron chi connectivity index (χ3n) is 1.27. The number of rotatable bonds is 2. The van der Waals surface area contributed by atoms with Gasteiger partial charge >= 0.3 is 6.07 Å². The molecule has 15 heavy (non-hydrogen) atoms. The van der Waals surface area contributed by atoms with E-state index < -0.39 is 35.1 Å². The molecule has 0 atom stereocenters. The quantitative estimate of drug-likeness (QED) is 0.461. The Balaban J connectivity index is 3.34. The Kier molecular flexibility index (Phi) is 3.53. The second-order valence-corrected chi connectivity index (χ2v) is 6.50. The molecule has 0 saturated carbocycles. The zero-order chi connectivity index (χ0) is 11.8. The van der Waals surface area contributed by atoms with Gasteiger partial charge in [-0.05, 0) is 0 Å². The van der Waals surface area contributed by atoms with E-state index in [1.165, 1.54) is 0 Å². The summed E-state index contributed by atoms with van der Waals surface area (Å²) >= 11 is 9.67. The number of hydrogen-bond donors (Lipinski definition) is 0. The number of halogens is 6. The van der Waals surface area contributed by atoms with Crippen LogP contribution in [0.15, 0.2) is 6.07 Å². The van der Waals surface area contributed by atoms with Gasteiger partial charge in [-0.1, -0.05) is 0 Å². The van der Waals surface area contributed by atoms with E-state index in [1.807, 2.05) is 0 Å². The highest BCUT2D eigenvalue weighted by atomic mass is 35.9. The van der Waals surface area contributed by atoms with E-state index in [0.717, 1.165) is 0 Å².